The standard InChI is InChI=1S/C34H34N4O4.C32H34N4O3/c1-34(2,3)30(31-35-28(24-14-8-5-9-15-24)21-36(31)18-23-12-6-4-7-13-23)37-19-25(42-22-29(37)39)20-38-32(40)26-16-10-11-17-27(26)33(38)41;1-32(2,3)28(33-18-24(37)20-36-30(38)25-16-10-11-17-26(25)31(36)39)29-34-27(23-14-8-5-9-15-23)21-35(29)19-22-12-6-4-7-13-22/h4-17,21,25,30H,18-20,22H2,1-3H3;4-17,21,24,28,33,37H,18-20H2,1-3H3/t25?,30-;24?,28-/m00/s1. The second kappa shape index (κ2) is 23.6. The van der Waals surface area contributed by atoms with E-state index >= 15 is 0 Å². The summed E-state index contributed by atoms with van der Waals surface area (Å²) in [6, 6.07) is 53.5. The Hall–Kier alpha value is -8.63. The molecule has 2 aromatic heterocycles. The Balaban J connectivity index is 0.000000182. The van der Waals surface area contributed by atoms with Crippen molar-refractivity contribution in [1.82, 2.24) is 39.1 Å². The number of hydrogen-bond donors (Lipinski definition) is 2. The smallest absolute Gasteiger partial charge is 0.261 e. The SMILES string of the molecule is CC(C)(C)[C@@H](NCC(O)CN1C(=O)c2ccccc2C1=O)c1nc(-c2ccccc2)cn1Cc1ccccc1.CC(C)(C)[C@H](c1nc(-c2ccccc2)cn1Cc1ccccc1)N1CC(CN2C(=O)c3ccccc3C2=O)OCC1=O. The van der Waals surface area contributed by atoms with E-state index in [4.69, 9.17) is 14.7 Å². The first-order chi connectivity index (χ1) is 38.9. The molecule has 6 aromatic carbocycles. The number of β-amino-alcohol motifs (C(OH)–C–C–N with tert-alkyl or cyclic N) is 1. The van der Waals surface area contributed by atoms with E-state index in [1.54, 1.807) is 48.5 Å². The average Bonchev–Trinajstić information content (AvgIpc) is 4.26. The number of rotatable bonds is 16. The van der Waals surface area contributed by atoms with Crippen LogP contribution in [0.15, 0.2) is 182 Å². The lowest BCUT2D eigenvalue weighted by molar-refractivity contribution is -0.157. The summed E-state index contributed by atoms with van der Waals surface area (Å²) < 4.78 is 10.2. The van der Waals surface area contributed by atoms with Crippen molar-refractivity contribution < 1.29 is 33.8 Å². The van der Waals surface area contributed by atoms with Crippen molar-refractivity contribution in [3.05, 3.63) is 227 Å². The Kier molecular flexibility index (Phi) is 16.2. The van der Waals surface area contributed by atoms with Gasteiger partial charge in [-0.3, -0.25) is 33.8 Å². The summed E-state index contributed by atoms with van der Waals surface area (Å²) in [5, 5.41) is 14.4. The fourth-order valence-corrected chi connectivity index (χ4v) is 10.9. The first-order valence-electron chi connectivity index (χ1n) is 27.5. The maximum absolute atomic E-state index is 13.5. The number of carbonyl (C=O) groups is 5. The molecule has 0 radical (unpaired) electrons. The van der Waals surface area contributed by atoms with E-state index in [9.17, 15) is 29.1 Å². The molecule has 15 heteroatoms. The summed E-state index contributed by atoms with van der Waals surface area (Å²) in [6.45, 7) is 14.2. The van der Waals surface area contributed by atoms with Crippen molar-refractivity contribution in [2.45, 2.75) is 78.9 Å². The summed E-state index contributed by atoms with van der Waals surface area (Å²) in [5.41, 5.74) is 6.95. The monoisotopic (exact) mass is 1080 g/mol. The molecule has 0 spiro atoms. The van der Waals surface area contributed by atoms with Gasteiger partial charge in [0.25, 0.3) is 23.6 Å². The average molecular weight is 1090 g/mol. The number of nitrogens with one attached hydrogen (secondary N) is 1. The van der Waals surface area contributed by atoms with E-state index in [1.807, 2.05) is 102 Å². The van der Waals surface area contributed by atoms with Gasteiger partial charge in [-0.25, -0.2) is 9.97 Å². The predicted molar refractivity (Wildman–Crippen MR) is 310 cm³/mol. The Labute approximate surface area is 472 Å². The third-order valence-electron chi connectivity index (χ3n) is 14.9. The number of hydrogen-bond acceptors (Lipinski definition) is 10. The summed E-state index contributed by atoms with van der Waals surface area (Å²) in [6.07, 6.45) is 2.66. The third-order valence-corrected chi connectivity index (χ3v) is 14.9. The number of morpholine rings is 1. The highest BCUT2D eigenvalue weighted by Crippen LogP contribution is 2.41. The van der Waals surface area contributed by atoms with Crippen LogP contribution in [0.1, 0.15) is 118 Å². The maximum atomic E-state index is 13.5. The molecule has 0 bridgehead atoms. The lowest BCUT2D eigenvalue weighted by Crippen LogP contribution is -2.54. The van der Waals surface area contributed by atoms with Crippen LogP contribution in [0.2, 0.25) is 0 Å². The molecule has 1 saturated heterocycles. The van der Waals surface area contributed by atoms with E-state index in [1.165, 1.54) is 4.90 Å². The van der Waals surface area contributed by atoms with E-state index in [0.717, 1.165) is 50.2 Å². The number of fused-ring (bicyclic) bond motifs is 2. The number of nitrogens with zero attached hydrogens (tertiary/aromatic N) is 7. The first-order valence-corrected chi connectivity index (χ1v) is 27.5. The largest absolute Gasteiger partial charge is 0.390 e. The molecular formula is C66H68N8O7. The minimum Gasteiger partial charge on any atom is -0.390 e. The molecule has 3 aliphatic heterocycles. The zero-order chi connectivity index (χ0) is 57.0. The number of carbonyl (C=O) groups excluding carboxylic acids is 5. The van der Waals surface area contributed by atoms with Crippen molar-refractivity contribution in [3.8, 4) is 22.5 Å². The van der Waals surface area contributed by atoms with Crippen LogP contribution in [-0.2, 0) is 22.6 Å². The minimum absolute atomic E-state index is 0.0701. The maximum Gasteiger partial charge on any atom is 0.261 e. The van der Waals surface area contributed by atoms with E-state index < -0.39 is 12.2 Å². The molecule has 5 amide bonds. The van der Waals surface area contributed by atoms with Gasteiger partial charge in [0.05, 0.1) is 71.0 Å². The van der Waals surface area contributed by atoms with E-state index in [0.29, 0.717) is 35.3 Å². The Morgan fingerprint density at radius 3 is 1.40 bits per heavy atom. The summed E-state index contributed by atoms with van der Waals surface area (Å²) >= 11 is 0. The van der Waals surface area contributed by atoms with Gasteiger partial charge in [0.2, 0.25) is 5.91 Å². The summed E-state index contributed by atoms with van der Waals surface area (Å²) in [7, 11) is 0. The van der Waals surface area contributed by atoms with Crippen LogP contribution in [-0.4, -0.2) is 113 Å². The van der Waals surface area contributed by atoms with Crippen LogP contribution < -0.4 is 5.32 Å². The van der Waals surface area contributed by atoms with Crippen LogP contribution in [0.25, 0.3) is 22.5 Å². The molecule has 11 rings (SSSR count). The van der Waals surface area contributed by atoms with Gasteiger partial charge in [0.15, 0.2) is 0 Å². The second-order valence-electron chi connectivity index (χ2n) is 23.1. The topological polar surface area (TPSA) is 172 Å². The number of aliphatic hydroxyl groups is 1. The Morgan fingerprint density at radius 1 is 0.543 bits per heavy atom. The molecule has 0 aliphatic carbocycles. The Bertz CT molecular complexity index is 3480. The highest BCUT2D eigenvalue weighted by Gasteiger charge is 2.44. The number of benzene rings is 6. The summed E-state index contributed by atoms with van der Waals surface area (Å²) in [4.78, 5) is 79.6. The van der Waals surface area contributed by atoms with Gasteiger partial charge in [-0.15, -0.1) is 0 Å². The van der Waals surface area contributed by atoms with Crippen molar-refractivity contribution >= 4 is 29.5 Å². The van der Waals surface area contributed by atoms with Crippen LogP contribution in [0, 0.1) is 10.8 Å². The van der Waals surface area contributed by atoms with Gasteiger partial charge in [-0.1, -0.05) is 187 Å². The van der Waals surface area contributed by atoms with Gasteiger partial charge in [0.1, 0.15) is 18.3 Å². The zero-order valence-corrected chi connectivity index (χ0v) is 46.6. The fourth-order valence-electron chi connectivity index (χ4n) is 10.9. The zero-order valence-electron chi connectivity index (χ0n) is 46.6. The molecule has 0 saturated carbocycles. The van der Waals surface area contributed by atoms with Crippen molar-refractivity contribution in [2.75, 3.05) is 32.8 Å². The number of amides is 5. The van der Waals surface area contributed by atoms with Crippen molar-refractivity contribution in [3.63, 3.8) is 0 Å². The van der Waals surface area contributed by atoms with Gasteiger partial charge in [0, 0.05) is 49.7 Å². The quantitative estimate of drug-likeness (QED) is 0.0888. The van der Waals surface area contributed by atoms with E-state index in [2.05, 4.69) is 92.7 Å². The van der Waals surface area contributed by atoms with Gasteiger partial charge in [-0.05, 0) is 46.2 Å². The molecule has 5 heterocycles. The number of ether oxygens (including phenoxy) is 1. The number of imide groups is 2. The third kappa shape index (κ3) is 12.3. The Morgan fingerprint density at radius 2 is 0.951 bits per heavy atom. The lowest BCUT2D eigenvalue weighted by atomic mass is 9.84. The number of aromatic nitrogens is 4. The second-order valence-corrected chi connectivity index (χ2v) is 23.1. The lowest BCUT2D eigenvalue weighted by Gasteiger charge is -2.44. The number of aliphatic hydroxyl groups excluding tert-OH is 1. The van der Waals surface area contributed by atoms with Gasteiger partial charge in [-0.2, -0.15) is 0 Å². The molecule has 2 N–H and O–H groups in total. The molecule has 4 atom stereocenters. The summed E-state index contributed by atoms with van der Waals surface area (Å²) in [5.74, 6) is 0.0878. The molecule has 15 nitrogen and oxygen atoms in total. The van der Waals surface area contributed by atoms with Crippen LogP contribution >= 0.6 is 0 Å². The highest BCUT2D eigenvalue weighted by atomic mass is 16.5. The molecule has 414 valence electrons. The fraction of sp³-hybridized carbons (Fsp3) is 0.288. The molecule has 1 fully saturated rings. The van der Waals surface area contributed by atoms with Gasteiger partial charge >= 0.3 is 0 Å². The van der Waals surface area contributed by atoms with Crippen LogP contribution in [0.3, 0.4) is 0 Å². The van der Waals surface area contributed by atoms with E-state index in [-0.39, 0.29) is 85.2 Å². The molecule has 2 unspecified atom stereocenters. The molecule has 8 aromatic rings. The minimum atomic E-state index is -0.941. The molecular weight excluding hydrogens is 1020 g/mol. The van der Waals surface area contributed by atoms with Crippen LogP contribution in [0.5, 0.6) is 0 Å². The van der Waals surface area contributed by atoms with Gasteiger partial charge < -0.3 is 29.2 Å². The highest BCUT2D eigenvalue weighted by molar-refractivity contribution is 6.22. The predicted octanol–water partition coefficient (Wildman–Crippen LogP) is 10.1. The first kappa shape index (κ1) is 55.7. The number of imidazole rings is 2. The molecule has 3 aliphatic rings. The van der Waals surface area contributed by atoms with Crippen molar-refractivity contribution in [2.24, 2.45) is 10.8 Å². The van der Waals surface area contributed by atoms with Crippen LogP contribution in [0.4, 0.5) is 0 Å². The normalized spacial score (nSPS) is 16.5. The van der Waals surface area contributed by atoms with Crippen molar-refractivity contribution in [1.29, 1.82) is 0 Å². The molecule has 81 heavy (non-hydrogen) atoms.